The molecular weight excluding hydrogens is 397 g/mol. The third-order valence-corrected chi connectivity index (χ3v) is 4.66. The molecule has 0 radical (unpaired) electrons. The Hall–Kier alpha value is -3.59. The van der Waals surface area contributed by atoms with Gasteiger partial charge in [-0.3, -0.25) is 0 Å². The second-order valence-corrected chi connectivity index (χ2v) is 6.76. The summed E-state index contributed by atoms with van der Waals surface area (Å²) in [5.74, 6) is 0.762. The quantitative estimate of drug-likeness (QED) is 0.342. The molecule has 29 heavy (non-hydrogen) atoms. The Bertz CT molecular complexity index is 1140. The predicted octanol–water partition coefficient (Wildman–Crippen LogP) is 4.44. The monoisotopic (exact) mass is 411 g/mol. The van der Waals surface area contributed by atoms with Gasteiger partial charge in [0.2, 0.25) is 0 Å². The van der Waals surface area contributed by atoms with E-state index in [4.69, 9.17) is 14.0 Å². The smallest absolute Gasteiger partial charge is 0.363 e. The zero-order valence-electron chi connectivity index (χ0n) is 15.2. The number of rotatable bonds is 6. The van der Waals surface area contributed by atoms with Crippen molar-refractivity contribution in [3.63, 3.8) is 0 Å². The molecule has 0 amide bonds. The lowest BCUT2D eigenvalue weighted by Gasteiger charge is -2.05. The second kappa shape index (κ2) is 8.19. The van der Waals surface area contributed by atoms with E-state index in [0.29, 0.717) is 33.8 Å². The van der Waals surface area contributed by atoms with Crippen LogP contribution < -0.4 is 9.47 Å². The van der Waals surface area contributed by atoms with E-state index in [1.165, 1.54) is 22.8 Å². The van der Waals surface area contributed by atoms with Gasteiger partial charge in [-0.05, 0) is 43.3 Å². The van der Waals surface area contributed by atoms with Gasteiger partial charge in [0.15, 0.2) is 18.1 Å². The number of nitrogens with zero attached hydrogens (tertiary/aromatic N) is 3. The molecule has 2 aromatic carbocycles. The number of carbonyl (C=O) groups is 1. The van der Waals surface area contributed by atoms with E-state index in [9.17, 15) is 9.18 Å². The Morgan fingerprint density at radius 1 is 1.10 bits per heavy atom. The summed E-state index contributed by atoms with van der Waals surface area (Å²) in [6.45, 7) is 1.86. The normalized spacial score (nSPS) is 10.7. The topological polar surface area (TPSA) is 87.3 Å². The lowest BCUT2D eigenvalue weighted by Crippen LogP contribution is -2.08. The third-order valence-electron chi connectivity index (χ3n) is 3.78. The number of ether oxygens (including phenoxy) is 2. The second-order valence-electron chi connectivity index (χ2n) is 5.90. The average Bonchev–Trinajstić information content (AvgIpc) is 3.37. The van der Waals surface area contributed by atoms with E-state index < -0.39 is 11.8 Å². The molecule has 0 fully saturated rings. The minimum absolute atomic E-state index is 0.111. The van der Waals surface area contributed by atoms with Crippen LogP contribution in [0.5, 0.6) is 11.5 Å². The molecule has 0 aliphatic rings. The molecule has 0 bridgehead atoms. The van der Waals surface area contributed by atoms with Crippen molar-refractivity contribution in [2.75, 3.05) is 0 Å². The van der Waals surface area contributed by atoms with Crippen molar-refractivity contribution in [2.45, 2.75) is 13.5 Å². The summed E-state index contributed by atoms with van der Waals surface area (Å²) in [4.78, 5) is 20.5. The minimum atomic E-state index is -0.626. The summed E-state index contributed by atoms with van der Waals surface area (Å²) < 4.78 is 29.7. The number of aromatic nitrogens is 3. The Kier molecular flexibility index (Phi) is 5.30. The van der Waals surface area contributed by atoms with Crippen LogP contribution in [0.4, 0.5) is 4.39 Å². The Morgan fingerprint density at radius 3 is 2.59 bits per heavy atom. The number of carbonyl (C=O) groups excluding carboxylic acids is 1. The first kappa shape index (κ1) is 18.8. The number of hydrogen-bond acceptors (Lipinski definition) is 8. The Morgan fingerprint density at radius 2 is 1.86 bits per heavy atom. The lowest BCUT2D eigenvalue weighted by molar-refractivity contribution is 0.0729. The van der Waals surface area contributed by atoms with Crippen LogP contribution in [-0.2, 0) is 6.61 Å². The largest absolute Gasteiger partial charge is 0.484 e. The fourth-order valence-corrected chi connectivity index (χ4v) is 3.25. The molecule has 0 saturated carbocycles. The van der Waals surface area contributed by atoms with Crippen molar-refractivity contribution in [2.24, 2.45) is 0 Å². The van der Waals surface area contributed by atoms with Crippen LogP contribution in [-0.4, -0.2) is 21.1 Å². The zero-order valence-corrected chi connectivity index (χ0v) is 16.0. The maximum absolute atomic E-state index is 13.9. The molecule has 4 aromatic rings. The van der Waals surface area contributed by atoms with Gasteiger partial charge in [-0.1, -0.05) is 17.3 Å². The molecule has 146 valence electrons. The van der Waals surface area contributed by atoms with Gasteiger partial charge in [0, 0.05) is 10.9 Å². The molecule has 7 nitrogen and oxygen atoms in total. The van der Waals surface area contributed by atoms with E-state index in [1.54, 1.807) is 49.4 Å². The summed E-state index contributed by atoms with van der Waals surface area (Å²) >= 11 is 1.17. The van der Waals surface area contributed by atoms with Gasteiger partial charge in [-0.2, -0.15) is 4.98 Å². The molecule has 0 unspecified atom stereocenters. The highest BCUT2D eigenvalue weighted by Gasteiger charge is 2.16. The number of benzene rings is 2. The van der Waals surface area contributed by atoms with Crippen LogP contribution in [0.3, 0.4) is 0 Å². The highest BCUT2D eigenvalue weighted by Crippen LogP contribution is 2.27. The fraction of sp³-hybridized carbons (Fsp3) is 0.100. The number of hydrogen-bond donors (Lipinski definition) is 0. The molecule has 2 heterocycles. The van der Waals surface area contributed by atoms with Gasteiger partial charge in [0.1, 0.15) is 22.3 Å². The van der Waals surface area contributed by atoms with Gasteiger partial charge in [-0.15, -0.1) is 11.3 Å². The van der Waals surface area contributed by atoms with Crippen LogP contribution in [0.25, 0.3) is 10.6 Å². The van der Waals surface area contributed by atoms with E-state index in [-0.39, 0.29) is 12.3 Å². The summed E-state index contributed by atoms with van der Waals surface area (Å²) in [6.07, 6.45) is 0. The molecule has 0 atom stereocenters. The van der Waals surface area contributed by atoms with E-state index in [0.717, 1.165) is 0 Å². The highest BCUT2D eigenvalue weighted by atomic mass is 32.1. The molecule has 0 aliphatic heterocycles. The molecule has 2 aromatic heterocycles. The van der Waals surface area contributed by atoms with Crippen molar-refractivity contribution in [1.82, 2.24) is 15.1 Å². The number of aryl methyl sites for hydroxylation is 1. The molecular formula is C20H14FN3O4S. The van der Waals surface area contributed by atoms with Gasteiger partial charge >= 0.3 is 5.97 Å². The zero-order chi connectivity index (χ0) is 20.2. The van der Waals surface area contributed by atoms with Crippen molar-refractivity contribution < 1.29 is 23.2 Å². The Labute approximate surface area is 168 Å². The van der Waals surface area contributed by atoms with Crippen LogP contribution in [0.1, 0.15) is 22.2 Å². The van der Waals surface area contributed by atoms with Crippen molar-refractivity contribution >= 4 is 17.3 Å². The van der Waals surface area contributed by atoms with E-state index >= 15 is 0 Å². The summed E-state index contributed by atoms with van der Waals surface area (Å²) in [5, 5.41) is 5.63. The minimum Gasteiger partial charge on any atom is -0.484 e. The van der Waals surface area contributed by atoms with Gasteiger partial charge < -0.3 is 14.0 Å². The van der Waals surface area contributed by atoms with Crippen LogP contribution in [0.15, 0.2) is 58.4 Å². The summed E-state index contributed by atoms with van der Waals surface area (Å²) in [7, 11) is 0. The van der Waals surface area contributed by atoms with E-state index in [2.05, 4.69) is 15.1 Å². The molecule has 9 heteroatoms. The predicted molar refractivity (Wildman–Crippen MR) is 102 cm³/mol. The summed E-state index contributed by atoms with van der Waals surface area (Å²) in [5.41, 5.74) is 0.454. The number of halogens is 1. The maximum atomic E-state index is 13.9. The maximum Gasteiger partial charge on any atom is 0.363 e. The van der Waals surface area contributed by atoms with Crippen molar-refractivity contribution in [1.29, 1.82) is 0 Å². The van der Waals surface area contributed by atoms with E-state index in [1.807, 2.05) is 0 Å². The standard InChI is InChI=1S/C20H14FN3O4S/c1-12-22-18(28-24-12)10-26-13-6-8-14(9-7-13)27-20(25)17-11-29-19(23-17)15-4-2-3-5-16(15)21/h2-9,11H,10H2,1H3. The van der Waals surface area contributed by atoms with Crippen molar-refractivity contribution in [3.8, 4) is 22.1 Å². The molecule has 0 N–H and O–H groups in total. The summed E-state index contributed by atoms with van der Waals surface area (Å²) in [6, 6.07) is 12.7. The molecule has 4 rings (SSSR count). The molecule has 0 saturated heterocycles. The lowest BCUT2D eigenvalue weighted by atomic mass is 10.2. The fourth-order valence-electron chi connectivity index (χ4n) is 2.43. The highest BCUT2D eigenvalue weighted by molar-refractivity contribution is 7.13. The van der Waals surface area contributed by atoms with Gasteiger partial charge in [-0.25, -0.2) is 14.2 Å². The first-order chi connectivity index (χ1) is 14.1. The number of esters is 1. The molecule has 0 spiro atoms. The van der Waals surface area contributed by atoms with Crippen LogP contribution in [0, 0.1) is 12.7 Å². The number of thiazole rings is 1. The van der Waals surface area contributed by atoms with Crippen LogP contribution >= 0.6 is 11.3 Å². The van der Waals surface area contributed by atoms with Gasteiger partial charge in [0.05, 0.1) is 0 Å². The first-order valence-electron chi connectivity index (χ1n) is 8.53. The van der Waals surface area contributed by atoms with Crippen LogP contribution in [0.2, 0.25) is 0 Å². The molecule has 0 aliphatic carbocycles. The average molecular weight is 411 g/mol. The van der Waals surface area contributed by atoms with Crippen molar-refractivity contribution in [3.05, 3.63) is 77.1 Å². The third kappa shape index (κ3) is 4.46. The SMILES string of the molecule is Cc1noc(COc2ccc(OC(=O)c3csc(-c4ccccc4F)n3)cc2)n1. The first-order valence-corrected chi connectivity index (χ1v) is 9.41. The Balaban J connectivity index is 1.38. The van der Waals surface area contributed by atoms with Gasteiger partial charge in [0.25, 0.3) is 5.89 Å².